The van der Waals surface area contributed by atoms with E-state index in [0.29, 0.717) is 33.0 Å². The molecule has 0 aliphatic carbocycles. The molecule has 0 saturated carbocycles. The maximum atomic E-state index is 11.6. The third kappa shape index (κ3) is 8.60. The number of benzene rings is 1. The first kappa shape index (κ1) is 17.8. The van der Waals surface area contributed by atoms with Gasteiger partial charge in [-0.2, -0.15) is 0 Å². The van der Waals surface area contributed by atoms with E-state index in [4.69, 9.17) is 14.2 Å². The number of rotatable bonds is 10. The molecule has 4 heteroatoms. The molecule has 1 aromatic rings. The minimum absolute atomic E-state index is 0.105. The fourth-order valence-corrected chi connectivity index (χ4v) is 1.48. The highest BCUT2D eigenvalue weighted by molar-refractivity contribution is 5.84. The lowest BCUT2D eigenvalue weighted by Crippen LogP contribution is -2.25. The van der Waals surface area contributed by atoms with Crippen LogP contribution in [-0.4, -0.2) is 38.8 Å². The molecule has 0 aliphatic rings. The Bertz CT molecular complexity index is 395. The number of carbonyl (C=O) groups is 1. The normalized spacial score (nSPS) is 11.6. The average Bonchev–Trinajstić information content (AvgIpc) is 2.45. The van der Waals surface area contributed by atoms with Crippen LogP contribution >= 0.6 is 0 Å². The molecule has 118 valence electrons. The maximum Gasteiger partial charge on any atom is 0.163 e. The Labute approximate surface area is 127 Å². The molecule has 0 aliphatic heterocycles. The molecular weight excluding hydrogens is 268 g/mol. The summed E-state index contributed by atoms with van der Waals surface area (Å²) in [7, 11) is 0. The second-order valence-corrected chi connectivity index (χ2v) is 5.88. The van der Waals surface area contributed by atoms with Crippen molar-refractivity contribution in [3.05, 3.63) is 35.9 Å². The van der Waals surface area contributed by atoms with Crippen LogP contribution in [0.3, 0.4) is 0 Å². The molecule has 0 heterocycles. The van der Waals surface area contributed by atoms with Gasteiger partial charge in [0.05, 0.1) is 33.0 Å². The lowest BCUT2D eigenvalue weighted by atomic mass is 9.91. The fraction of sp³-hybridized carbons (Fsp3) is 0.588. The molecule has 21 heavy (non-hydrogen) atoms. The third-order valence-corrected chi connectivity index (χ3v) is 2.93. The zero-order valence-corrected chi connectivity index (χ0v) is 13.3. The molecule has 0 radical (unpaired) electrons. The van der Waals surface area contributed by atoms with Gasteiger partial charge in [-0.15, -0.1) is 0 Å². The largest absolute Gasteiger partial charge is 0.377 e. The Morgan fingerprint density at radius 3 is 2.10 bits per heavy atom. The molecule has 0 bridgehead atoms. The van der Waals surface area contributed by atoms with Crippen LogP contribution < -0.4 is 0 Å². The predicted octanol–water partition coefficient (Wildman–Crippen LogP) is 2.85. The smallest absolute Gasteiger partial charge is 0.163 e. The van der Waals surface area contributed by atoms with Crippen molar-refractivity contribution in [3.8, 4) is 0 Å². The van der Waals surface area contributed by atoms with Gasteiger partial charge >= 0.3 is 0 Å². The molecule has 1 rings (SSSR count). The summed E-state index contributed by atoms with van der Waals surface area (Å²) in [6.45, 7) is 8.40. The molecule has 1 aromatic carbocycles. The van der Waals surface area contributed by atoms with Crippen LogP contribution in [0.1, 0.15) is 26.3 Å². The van der Waals surface area contributed by atoms with Crippen molar-refractivity contribution in [3.63, 3.8) is 0 Å². The molecule has 0 atom stereocenters. The Morgan fingerprint density at radius 1 is 0.905 bits per heavy atom. The van der Waals surface area contributed by atoms with Gasteiger partial charge in [-0.3, -0.25) is 4.79 Å². The van der Waals surface area contributed by atoms with Gasteiger partial charge in [-0.1, -0.05) is 51.1 Å². The third-order valence-electron chi connectivity index (χ3n) is 2.93. The van der Waals surface area contributed by atoms with Crippen molar-refractivity contribution in [2.75, 3.05) is 33.0 Å². The van der Waals surface area contributed by atoms with E-state index in [2.05, 4.69) is 0 Å². The van der Waals surface area contributed by atoms with Crippen molar-refractivity contribution in [2.24, 2.45) is 5.41 Å². The quantitative estimate of drug-likeness (QED) is 0.622. The number of hydrogen-bond acceptors (Lipinski definition) is 4. The van der Waals surface area contributed by atoms with E-state index in [0.717, 1.165) is 5.56 Å². The SMILES string of the molecule is CC(C)(C)C(=O)COCCOCCOCc1ccccc1. The number of ether oxygens (including phenoxy) is 3. The molecule has 0 N–H and O–H groups in total. The lowest BCUT2D eigenvalue weighted by molar-refractivity contribution is -0.131. The highest BCUT2D eigenvalue weighted by Crippen LogP contribution is 2.14. The fourth-order valence-electron chi connectivity index (χ4n) is 1.48. The first-order chi connectivity index (χ1) is 10.00. The zero-order valence-electron chi connectivity index (χ0n) is 13.3. The van der Waals surface area contributed by atoms with E-state index in [1.54, 1.807) is 0 Å². The molecule has 0 aromatic heterocycles. The topological polar surface area (TPSA) is 44.8 Å². The maximum absolute atomic E-state index is 11.6. The molecule has 0 spiro atoms. The summed E-state index contributed by atoms with van der Waals surface area (Å²) in [6, 6.07) is 10.0. The van der Waals surface area contributed by atoms with E-state index < -0.39 is 0 Å². The summed E-state index contributed by atoms with van der Waals surface area (Å²) in [6.07, 6.45) is 0. The van der Waals surface area contributed by atoms with E-state index in [9.17, 15) is 4.79 Å². The standard InChI is InChI=1S/C17H26O4/c1-17(2,3)16(18)14-21-12-10-19-9-11-20-13-15-7-5-4-6-8-15/h4-8H,9-14H2,1-3H3. The summed E-state index contributed by atoms with van der Waals surface area (Å²) < 4.78 is 16.1. The van der Waals surface area contributed by atoms with Gasteiger partial charge in [0.15, 0.2) is 5.78 Å². The number of Topliss-reactive ketones (excluding diaryl/α,β-unsaturated/α-hetero) is 1. The van der Waals surface area contributed by atoms with Crippen molar-refractivity contribution in [1.82, 2.24) is 0 Å². The summed E-state index contributed by atoms with van der Waals surface area (Å²) in [5.74, 6) is 0.105. The van der Waals surface area contributed by atoms with Crippen LogP contribution in [0, 0.1) is 5.41 Å². The highest BCUT2D eigenvalue weighted by atomic mass is 16.5. The van der Waals surface area contributed by atoms with Gasteiger partial charge in [0.25, 0.3) is 0 Å². The second kappa shape index (κ2) is 9.66. The van der Waals surface area contributed by atoms with Crippen LogP contribution in [0.25, 0.3) is 0 Å². The van der Waals surface area contributed by atoms with Gasteiger partial charge in [-0.05, 0) is 5.56 Å². The lowest BCUT2D eigenvalue weighted by Gasteiger charge is -2.16. The number of hydrogen-bond donors (Lipinski definition) is 0. The summed E-state index contributed by atoms with van der Waals surface area (Å²) >= 11 is 0. The summed E-state index contributed by atoms with van der Waals surface area (Å²) in [5, 5.41) is 0. The molecule has 0 fully saturated rings. The van der Waals surface area contributed by atoms with Crippen LogP contribution in [0.2, 0.25) is 0 Å². The molecule has 4 nitrogen and oxygen atoms in total. The van der Waals surface area contributed by atoms with Crippen LogP contribution in [0.15, 0.2) is 30.3 Å². The van der Waals surface area contributed by atoms with E-state index >= 15 is 0 Å². The van der Waals surface area contributed by atoms with Crippen molar-refractivity contribution in [1.29, 1.82) is 0 Å². The Hall–Kier alpha value is -1.23. The summed E-state index contributed by atoms with van der Waals surface area (Å²) in [4.78, 5) is 11.6. The van der Waals surface area contributed by atoms with E-state index in [-0.39, 0.29) is 17.8 Å². The van der Waals surface area contributed by atoms with Gasteiger partial charge in [0.1, 0.15) is 6.61 Å². The van der Waals surface area contributed by atoms with Gasteiger partial charge in [0.2, 0.25) is 0 Å². The van der Waals surface area contributed by atoms with Gasteiger partial charge in [0, 0.05) is 5.41 Å². The predicted molar refractivity (Wildman–Crippen MR) is 82.2 cm³/mol. The monoisotopic (exact) mass is 294 g/mol. The van der Waals surface area contributed by atoms with Gasteiger partial charge in [-0.25, -0.2) is 0 Å². The Morgan fingerprint density at radius 2 is 1.48 bits per heavy atom. The molecule has 0 unspecified atom stereocenters. The minimum Gasteiger partial charge on any atom is -0.377 e. The van der Waals surface area contributed by atoms with Crippen LogP contribution in [0.4, 0.5) is 0 Å². The summed E-state index contributed by atoms with van der Waals surface area (Å²) in [5.41, 5.74) is 0.813. The zero-order chi connectivity index (χ0) is 15.6. The van der Waals surface area contributed by atoms with Crippen LogP contribution in [-0.2, 0) is 25.6 Å². The molecular formula is C17H26O4. The Balaban J connectivity index is 1.90. The molecule has 0 amide bonds. The average molecular weight is 294 g/mol. The Kier molecular flexibility index (Phi) is 8.20. The highest BCUT2D eigenvalue weighted by Gasteiger charge is 2.20. The van der Waals surface area contributed by atoms with Crippen molar-refractivity contribution >= 4 is 5.78 Å². The van der Waals surface area contributed by atoms with E-state index in [1.807, 2.05) is 51.1 Å². The van der Waals surface area contributed by atoms with Crippen LogP contribution in [0.5, 0.6) is 0 Å². The van der Waals surface area contributed by atoms with E-state index in [1.165, 1.54) is 0 Å². The van der Waals surface area contributed by atoms with Crippen molar-refractivity contribution < 1.29 is 19.0 Å². The molecule has 0 saturated heterocycles. The first-order valence-electron chi connectivity index (χ1n) is 7.30. The van der Waals surface area contributed by atoms with Crippen molar-refractivity contribution in [2.45, 2.75) is 27.4 Å². The number of ketones is 1. The number of carbonyl (C=O) groups excluding carboxylic acids is 1. The second-order valence-electron chi connectivity index (χ2n) is 5.88. The minimum atomic E-state index is -0.341. The first-order valence-corrected chi connectivity index (χ1v) is 7.30. The van der Waals surface area contributed by atoms with Gasteiger partial charge < -0.3 is 14.2 Å².